The van der Waals surface area contributed by atoms with E-state index in [1.807, 2.05) is 11.3 Å². The summed E-state index contributed by atoms with van der Waals surface area (Å²) in [6.07, 6.45) is 10.5. The summed E-state index contributed by atoms with van der Waals surface area (Å²) >= 11 is 2.03. The van der Waals surface area contributed by atoms with Crippen molar-refractivity contribution in [2.75, 3.05) is 19.6 Å². The van der Waals surface area contributed by atoms with E-state index in [0.717, 1.165) is 6.54 Å². The van der Waals surface area contributed by atoms with Crippen LogP contribution >= 0.6 is 11.3 Å². The summed E-state index contributed by atoms with van der Waals surface area (Å²) in [7, 11) is 0. The summed E-state index contributed by atoms with van der Waals surface area (Å²) in [6.45, 7) is 5.85. The summed E-state index contributed by atoms with van der Waals surface area (Å²) in [5.41, 5.74) is 1.57. The van der Waals surface area contributed by atoms with E-state index in [-0.39, 0.29) is 5.54 Å². The zero-order valence-electron chi connectivity index (χ0n) is 13.2. The molecule has 0 spiro atoms. The van der Waals surface area contributed by atoms with Crippen molar-refractivity contribution in [3.05, 3.63) is 15.6 Å². The third-order valence-corrected chi connectivity index (χ3v) is 7.03. The molecule has 2 saturated heterocycles. The van der Waals surface area contributed by atoms with Crippen LogP contribution in [-0.2, 0) is 18.4 Å². The van der Waals surface area contributed by atoms with E-state index in [1.165, 1.54) is 75.2 Å². The minimum atomic E-state index is 0.150. The van der Waals surface area contributed by atoms with E-state index in [0.29, 0.717) is 6.04 Å². The SMILES string of the molecule is CCNC1(c2nc3c(s2)CCCC3)CCN2CCCCC21. The molecule has 4 heteroatoms. The van der Waals surface area contributed by atoms with Crippen molar-refractivity contribution < 1.29 is 0 Å². The molecule has 1 aliphatic carbocycles. The van der Waals surface area contributed by atoms with Crippen molar-refractivity contribution in [2.24, 2.45) is 0 Å². The number of likely N-dealkylation sites (N-methyl/N-ethyl adjacent to an activating group) is 1. The molecule has 2 atom stereocenters. The molecule has 0 bridgehead atoms. The van der Waals surface area contributed by atoms with E-state index >= 15 is 0 Å². The Morgan fingerprint density at radius 1 is 1.24 bits per heavy atom. The molecule has 0 aromatic carbocycles. The average Bonchev–Trinajstić information content (AvgIpc) is 3.10. The summed E-state index contributed by atoms with van der Waals surface area (Å²) in [5, 5.41) is 5.30. The Bertz CT molecular complexity index is 489. The Morgan fingerprint density at radius 3 is 3.00 bits per heavy atom. The molecule has 0 saturated carbocycles. The van der Waals surface area contributed by atoms with Crippen molar-refractivity contribution in [1.82, 2.24) is 15.2 Å². The van der Waals surface area contributed by atoms with Gasteiger partial charge in [0.1, 0.15) is 5.01 Å². The molecule has 0 radical (unpaired) electrons. The molecule has 4 rings (SSSR count). The smallest absolute Gasteiger partial charge is 0.115 e. The van der Waals surface area contributed by atoms with Crippen molar-refractivity contribution in [2.45, 2.75) is 69.9 Å². The fraction of sp³-hybridized carbons (Fsp3) is 0.824. The van der Waals surface area contributed by atoms with Gasteiger partial charge >= 0.3 is 0 Å². The van der Waals surface area contributed by atoms with Crippen molar-refractivity contribution in [3.8, 4) is 0 Å². The van der Waals surface area contributed by atoms with Crippen LogP contribution in [0.25, 0.3) is 0 Å². The average molecular weight is 305 g/mol. The molecule has 21 heavy (non-hydrogen) atoms. The molecule has 1 N–H and O–H groups in total. The fourth-order valence-electron chi connectivity index (χ4n) is 4.69. The van der Waals surface area contributed by atoms with Gasteiger partial charge in [-0.05, 0) is 58.0 Å². The molecule has 3 aliphatic rings. The molecular weight excluding hydrogens is 278 g/mol. The maximum absolute atomic E-state index is 5.14. The molecule has 1 aromatic rings. The van der Waals surface area contributed by atoms with E-state index in [9.17, 15) is 0 Å². The first-order valence-electron chi connectivity index (χ1n) is 8.81. The molecular formula is C17H27N3S. The minimum absolute atomic E-state index is 0.150. The Kier molecular flexibility index (Phi) is 3.80. The number of nitrogens with one attached hydrogen (secondary N) is 1. The summed E-state index contributed by atoms with van der Waals surface area (Å²) < 4.78 is 0. The number of thiazole rings is 1. The normalized spacial score (nSPS) is 32.9. The number of aryl methyl sites for hydroxylation is 2. The highest BCUT2D eigenvalue weighted by Gasteiger charge is 2.50. The zero-order chi connectivity index (χ0) is 14.3. The molecule has 2 unspecified atom stereocenters. The predicted octanol–water partition coefficient (Wildman–Crippen LogP) is 3.08. The van der Waals surface area contributed by atoms with Crippen LogP contribution in [0.4, 0.5) is 0 Å². The van der Waals surface area contributed by atoms with Crippen molar-refractivity contribution in [3.63, 3.8) is 0 Å². The monoisotopic (exact) mass is 305 g/mol. The van der Waals surface area contributed by atoms with Crippen LogP contribution in [0.5, 0.6) is 0 Å². The van der Waals surface area contributed by atoms with E-state index in [4.69, 9.17) is 4.98 Å². The first kappa shape index (κ1) is 14.2. The number of aromatic nitrogens is 1. The second kappa shape index (κ2) is 5.64. The third kappa shape index (κ3) is 2.27. The van der Waals surface area contributed by atoms with Gasteiger partial charge in [-0.2, -0.15) is 0 Å². The van der Waals surface area contributed by atoms with Gasteiger partial charge in [0.25, 0.3) is 0 Å². The molecule has 1 aromatic heterocycles. The Balaban J connectivity index is 1.72. The summed E-state index contributed by atoms with van der Waals surface area (Å²) in [4.78, 5) is 9.46. The number of hydrogen-bond acceptors (Lipinski definition) is 4. The largest absolute Gasteiger partial charge is 0.304 e. The zero-order valence-corrected chi connectivity index (χ0v) is 14.0. The van der Waals surface area contributed by atoms with Crippen molar-refractivity contribution in [1.29, 1.82) is 0 Å². The van der Waals surface area contributed by atoms with Gasteiger partial charge in [0.2, 0.25) is 0 Å². The highest BCUT2D eigenvalue weighted by atomic mass is 32.1. The molecule has 2 fully saturated rings. The van der Waals surface area contributed by atoms with E-state index in [2.05, 4.69) is 17.1 Å². The van der Waals surface area contributed by atoms with Crippen LogP contribution in [0.15, 0.2) is 0 Å². The lowest BCUT2D eigenvalue weighted by molar-refractivity contribution is 0.137. The second-order valence-electron chi connectivity index (χ2n) is 6.90. The van der Waals surface area contributed by atoms with E-state index < -0.39 is 0 Å². The van der Waals surface area contributed by atoms with Crippen LogP contribution in [0, 0.1) is 0 Å². The minimum Gasteiger partial charge on any atom is -0.304 e. The first-order valence-corrected chi connectivity index (χ1v) is 9.63. The number of fused-ring (bicyclic) bond motifs is 2. The van der Waals surface area contributed by atoms with Crippen LogP contribution in [0.1, 0.15) is 61.0 Å². The van der Waals surface area contributed by atoms with Crippen LogP contribution in [-0.4, -0.2) is 35.6 Å². The van der Waals surface area contributed by atoms with Gasteiger partial charge in [0, 0.05) is 17.5 Å². The molecule has 0 amide bonds. The fourth-order valence-corrected chi connectivity index (χ4v) is 6.09. The van der Waals surface area contributed by atoms with Gasteiger partial charge < -0.3 is 5.32 Å². The maximum atomic E-state index is 5.14. The third-order valence-electron chi connectivity index (χ3n) is 5.70. The second-order valence-corrected chi connectivity index (χ2v) is 7.98. The molecule has 3 heterocycles. The van der Waals surface area contributed by atoms with Gasteiger partial charge in [-0.1, -0.05) is 13.3 Å². The highest BCUT2D eigenvalue weighted by Crippen LogP contribution is 2.44. The van der Waals surface area contributed by atoms with Crippen LogP contribution in [0.2, 0.25) is 0 Å². The van der Waals surface area contributed by atoms with E-state index in [1.54, 1.807) is 4.88 Å². The Labute approximate surface area is 132 Å². The molecule has 3 nitrogen and oxygen atoms in total. The van der Waals surface area contributed by atoms with Crippen LogP contribution in [0.3, 0.4) is 0 Å². The number of rotatable bonds is 3. The van der Waals surface area contributed by atoms with Crippen LogP contribution < -0.4 is 5.32 Å². The number of nitrogens with zero attached hydrogens (tertiary/aromatic N) is 2. The lowest BCUT2D eigenvalue weighted by Crippen LogP contribution is -2.53. The Morgan fingerprint density at radius 2 is 2.14 bits per heavy atom. The highest BCUT2D eigenvalue weighted by molar-refractivity contribution is 7.12. The van der Waals surface area contributed by atoms with Gasteiger partial charge in [0.15, 0.2) is 0 Å². The summed E-state index contributed by atoms with van der Waals surface area (Å²) in [6, 6.07) is 0.679. The number of hydrogen-bond donors (Lipinski definition) is 1. The lowest BCUT2D eigenvalue weighted by Gasteiger charge is -2.40. The quantitative estimate of drug-likeness (QED) is 0.930. The van der Waals surface area contributed by atoms with Gasteiger partial charge in [-0.3, -0.25) is 4.90 Å². The van der Waals surface area contributed by atoms with Crippen molar-refractivity contribution >= 4 is 11.3 Å². The predicted molar refractivity (Wildman–Crippen MR) is 87.9 cm³/mol. The maximum Gasteiger partial charge on any atom is 0.115 e. The molecule has 2 aliphatic heterocycles. The first-order chi connectivity index (χ1) is 10.3. The molecule has 116 valence electrons. The summed E-state index contributed by atoms with van der Waals surface area (Å²) in [5.74, 6) is 0. The Hall–Kier alpha value is -0.450. The van der Waals surface area contributed by atoms with Gasteiger partial charge in [-0.25, -0.2) is 4.98 Å². The topological polar surface area (TPSA) is 28.2 Å². The van der Waals surface area contributed by atoms with Gasteiger partial charge in [0.05, 0.1) is 11.2 Å². The van der Waals surface area contributed by atoms with Gasteiger partial charge in [-0.15, -0.1) is 11.3 Å². The standard InChI is InChI=1S/C17H27N3S/c1-2-18-17(10-12-20-11-6-5-9-15(17)20)16-19-13-7-3-4-8-14(13)21-16/h15,18H,2-12H2,1H3. The number of piperidine rings is 1. The lowest BCUT2D eigenvalue weighted by atomic mass is 9.85.